The molecule has 1 aromatic rings. The first-order valence-electron chi connectivity index (χ1n) is 8.68. The summed E-state index contributed by atoms with van der Waals surface area (Å²) < 4.78 is 10.3. The predicted molar refractivity (Wildman–Crippen MR) is 98.7 cm³/mol. The average molecular weight is 372 g/mol. The van der Waals surface area contributed by atoms with E-state index in [1.807, 2.05) is 0 Å². The zero-order chi connectivity index (χ0) is 20.0. The highest BCUT2D eigenvalue weighted by Crippen LogP contribution is 2.46. The monoisotopic (exact) mass is 372 g/mol. The molecule has 0 spiro atoms. The van der Waals surface area contributed by atoms with E-state index in [2.05, 4.69) is 13.2 Å². The zero-order valence-electron chi connectivity index (χ0n) is 15.3. The average Bonchev–Trinajstić information content (AvgIpc) is 2.63. The van der Waals surface area contributed by atoms with Crippen molar-refractivity contribution in [2.45, 2.75) is 24.9 Å². The summed E-state index contributed by atoms with van der Waals surface area (Å²) in [4.78, 5) is 38.1. The highest BCUT2D eigenvalue weighted by Gasteiger charge is 2.57. The minimum absolute atomic E-state index is 0.0353. The van der Waals surface area contributed by atoms with Crippen molar-refractivity contribution in [3.8, 4) is 0 Å². The smallest absolute Gasteiger partial charge is 0.317 e. The Morgan fingerprint density at radius 3 is 2.26 bits per heavy atom. The number of carbonyl (C=O) groups is 3. The summed E-state index contributed by atoms with van der Waals surface area (Å²) in [5.41, 5.74) is -1.09. The molecule has 1 aliphatic carbocycles. The number of esters is 2. The molecule has 0 radical (unpaired) electrons. The number of carbonyl (C=O) groups excluding carboxylic acids is 3. The van der Waals surface area contributed by atoms with E-state index in [4.69, 9.17) is 9.47 Å². The van der Waals surface area contributed by atoms with Crippen molar-refractivity contribution in [2.24, 2.45) is 11.8 Å². The van der Waals surface area contributed by atoms with E-state index in [0.29, 0.717) is 5.56 Å². The molecule has 0 aromatic heterocycles. The molecular formula is C21H24O6. The lowest BCUT2D eigenvalue weighted by Crippen LogP contribution is -2.55. The summed E-state index contributed by atoms with van der Waals surface area (Å²) in [5, 5.41) is 10.9. The number of hydrogen-bond donors (Lipinski definition) is 1. The van der Waals surface area contributed by atoms with E-state index in [0.717, 1.165) is 0 Å². The van der Waals surface area contributed by atoms with Crippen molar-refractivity contribution in [1.82, 2.24) is 0 Å². The Hall–Kier alpha value is -2.73. The molecule has 1 saturated carbocycles. The standard InChI is InChI=1S/C21H24O6/c1-4-11-26-19(23)17-15(22)13-21(3,25)18(20(24)27-12-5-2)16(17)14-9-7-6-8-10-14/h4-10,16-18,25H,1-2,11-13H2,3H3/t16-,17+,18-,21-/m0/s1. The Morgan fingerprint density at radius 2 is 1.70 bits per heavy atom. The van der Waals surface area contributed by atoms with Crippen LogP contribution in [0, 0.1) is 11.8 Å². The van der Waals surface area contributed by atoms with Gasteiger partial charge in [-0.05, 0) is 12.5 Å². The van der Waals surface area contributed by atoms with Gasteiger partial charge in [-0.15, -0.1) is 0 Å². The lowest BCUT2D eigenvalue weighted by atomic mass is 9.62. The van der Waals surface area contributed by atoms with Gasteiger partial charge in [-0.2, -0.15) is 0 Å². The summed E-state index contributed by atoms with van der Waals surface area (Å²) in [6.07, 6.45) is 2.46. The van der Waals surface area contributed by atoms with Gasteiger partial charge < -0.3 is 14.6 Å². The third-order valence-electron chi connectivity index (χ3n) is 4.65. The molecule has 0 aliphatic heterocycles. The molecule has 27 heavy (non-hydrogen) atoms. The number of Topliss-reactive ketones (excluding diaryl/α,β-unsaturated/α-hetero) is 1. The van der Waals surface area contributed by atoms with Crippen molar-refractivity contribution in [2.75, 3.05) is 13.2 Å². The Labute approximate surface area is 158 Å². The number of ketones is 1. The molecule has 1 aliphatic rings. The van der Waals surface area contributed by atoms with Crippen LogP contribution in [-0.4, -0.2) is 41.6 Å². The van der Waals surface area contributed by atoms with Gasteiger partial charge in [0.05, 0.1) is 11.5 Å². The van der Waals surface area contributed by atoms with E-state index in [-0.39, 0.29) is 19.6 Å². The zero-order valence-corrected chi connectivity index (χ0v) is 15.3. The van der Waals surface area contributed by atoms with Crippen LogP contribution in [0.3, 0.4) is 0 Å². The van der Waals surface area contributed by atoms with Crippen LogP contribution in [0.5, 0.6) is 0 Å². The molecule has 0 bridgehead atoms. The molecule has 0 amide bonds. The van der Waals surface area contributed by atoms with E-state index >= 15 is 0 Å². The fourth-order valence-corrected chi connectivity index (χ4v) is 3.55. The van der Waals surface area contributed by atoms with Crippen molar-refractivity contribution >= 4 is 17.7 Å². The molecular weight excluding hydrogens is 348 g/mol. The maximum atomic E-state index is 12.7. The van der Waals surface area contributed by atoms with Crippen molar-refractivity contribution in [3.63, 3.8) is 0 Å². The van der Waals surface area contributed by atoms with Gasteiger partial charge in [-0.3, -0.25) is 14.4 Å². The summed E-state index contributed by atoms with van der Waals surface area (Å²) in [6, 6.07) is 8.67. The maximum absolute atomic E-state index is 12.7. The molecule has 6 heteroatoms. The van der Waals surface area contributed by atoms with Crippen LogP contribution in [0.2, 0.25) is 0 Å². The highest BCUT2D eigenvalue weighted by atomic mass is 16.5. The Balaban J connectivity index is 2.53. The molecule has 4 atom stereocenters. The molecule has 6 nitrogen and oxygen atoms in total. The summed E-state index contributed by atoms with van der Waals surface area (Å²) in [7, 11) is 0. The predicted octanol–water partition coefficient (Wildman–Crippen LogP) is 2.18. The second kappa shape index (κ2) is 8.77. The Kier molecular flexibility index (Phi) is 6.69. The van der Waals surface area contributed by atoms with Crippen molar-refractivity contribution in [3.05, 3.63) is 61.2 Å². The lowest BCUT2D eigenvalue weighted by Gasteiger charge is -2.43. The molecule has 0 unspecified atom stereocenters. The van der Waals surface area contributed by atoms with Gasteiger partial charge >= 0.3 is 11.9 Å². The third kappa shape index (κ3) is 4.52. The molecule has 1 fully saturated rings. The first-order valence-corrected chi connectivity index (χ1v) is 8.68. The second-order valence-corrected chi connectivity index (χ2v) is 6.73. The van der Waals surface area contributed by atoms with Crippen molar-refractivity contribution in [1.29, 1.82) is 0 Å². The molecule has 0 saturated heterocycles. The molecule has 2 rings (SSSR count). The second-order valence-electron chi connectivity index (χ2n) is 6.73. The summed E-state index contributed by atoms with van der Waals surface area (Å²) in [5.74, 6) is -5.14. The fraction of sp³-hybridized carbons (Fsp3) is 0.381. The third-order valence-corrected chi connectivity index (χ3v) is 4.65. The first kappa shape index (κ1) is 20.6. The van der Waals surface area contributed by atoms with E-state index in [1.54, 1.807) is 30.3 Å². The summed E-state index contributed by atoms with van der Waals surface area (Å²) >= 11 is 0. The van der Waals surface area contributed by atoms with Gasteiger partial charge in [-0.1, -0.05) is 55.6 Å². The van der Waals surface area contributed by atoms with Crippen LogP contribution < -0.4 is 0 Å². The van der Waals surface area contributed by atoms with Gasteiger partial charge in [0.2, 0.25) is 0 Å². The van der Waals surface area contributed by atoms with Crippen LogP contribution in [0.25, 0.3) is 0 Å². The van der Waals surface area contributed by atoms with Gasteiger partial charge in [0, 0.05) is 12.3 Å². The SMILES string of the molecule is C=CCOC(=O)[C@@H]1C(=O)C[C@](C)(O)[C@H](C(=O)OCC=C)[C@H]1c1ccccc1. The van der Waals surface area contributed by atoms with Crippen LogP contribution in [0.4, 0.5) is 0 Å². The largest absolute Gasteiger partial charge is 0.461 e. The van der Waals surface area contributed by atoms with Gasteiger partial charge in [0.25, 0.3) is 0 Å². The highest BCUT2D eigenvalue weighted by molar-refractivity contribution is 6.02. The number of ether oxygens (including phenoxy) is 2. The van der Waals surface area contributed by atoms with Gasteiger partial charge in [-0.25, -0.2) is 0 Å². The van der Waals surface area contributed by atoms with Gasteiger partial charge in [0.1, 0.15) is 19.1 Å². The first-order chi connectivity index (χ1) is 12.8. The fourth-order valence-electron chi connectivity index (χ4n) is 3.55. The molecule has 1 N–H and O–H groups in total. The Morgan fingerprint density at radius 1 is 1.15 bits per heavy atom. The Bertz CT molecular complexity index is 721. The number of rotatable bonds is 7. The topological polar surface area (TPSA) is 89.9 Å². The number of hydrogen-bond acceptors (Lipinski definition) is 6. The van der Waals surface area contributed by atoms with Crippen LogP contribution in [0.15, 0.2) is 55.6 Å². The normalized spacial score (nSPS) is 27.5. The van der Waals surface area contributed by atoms with Crippen LogP contribution >= 0.6 is 0 Å². The van der Waals surface area contributed by atoms with Crippen LogP contribution in [0.1, 0.15) is 24.8 Å². The van der Waals surface area contributed by atoms with Crippen molar-refractivity contribution < 1.29 is 29.0 Å². The van der Waals surface area contributed by atoms with E-state index in [9.17, 15) is 19.5 Å². The summed E-state index contributed by atoms with van der Waals surface area (Å²) in [6.45, 7) is 8.32. The minimum atomic E-state index is -1.66. The number of aliphatic hydroxyl groups is 1. The molecule has 0 heterocycles. The minimum Gasteiger partial charge on any atom is -0.461 e. The maximum Gasteiger partial charge on any atom is 0.317 e. The van der Waals surface area contributed by atoms with Crippen LogP contribution in [-0.2, 0) is 23.9 Å². The molecule has 144 valence electrons. The van der Waals surface area contributed by atoms with E-state index in [1.165, 1.54) is 19.1 Å². The van der Waals surface area contributed by atoms with Gasteiger partial charge in [0.15, 0.2) is 5.78 Å². The lowest BCUT2D eigenvalue weighted by molar-refractivity contribution is -0.171. The van der Waals surface area contributed by atoms with E-state index < -0.39 is 41.1 Å². The number of benzene rings is 1. The molecule has 1 aromatic carbocycles. The quantitative estimate of drug-likeness (QED) is 0.448.